The first-order chi connectivity index (χ1) is 20.9. The molecule has 1 heterocycles. The van der Waals surface area contributed by atoms with Gasteiger partial charge < -0.3 is 31.1 Å². The molecule has 0 unspecified atom stereocenters. The van der Waals surface area contributed by atoms with Crippen LogP contribution in [-0.2, 0) is 28.9 Å². The van der Waals surface area contributed by atoms with Crippen molar-refractivity contribution in [1.29, 1.82) is 0 Å². The number of halogens is 1. The van der Waals surface area contributed by atoms with E-state index in [9.17, 15) is 29.0 Å². The van der Waals surface area contributed by atoms with E-state index in [0.717, 1.165) is 44.8 Å². The Morgan fingerprint density at radius 3 is 2.39 bits per heavy atom. The highest BCUT2D eigenvalue weighted by molar-refractivity contribution is 5.91. The molecule has 0 bridgehead atoms. The Labute approximate surface area is 254 Å². The van der Waals surface area contributed by atoms with Gasteiger partial charge >= 0.3 is 18.0 Å². The zero-order chi connectivity index (χ0) is 32.0. The number of pyridine rings is 1. The number of aromatic nitrogens is 1. The van der Waals surface area contributed by atoms with Crippen LogP contribution in [0.25, 0.3) is 17.2 Å². The number of amides is 2. The Morgan fingerprint density at radius 2 is 1.73 bits per heavy atom. The molecule has 4 rings (SSSR count). The van der Waals surface area contributed by atoms with Crippen molar-refractivity contribution in [2.45, 2.75) is 64.1 Å². The normalized spacial score (nSPS) is 14.0. The highest BCUT2D eigenvalue weighted by Crippen LogP contribution is 2.39. The van der Waals surface area contributed by atoms with Gasteiger partial charge in [0.15, 0.2) is 0 Å². The highest BCUT2D eigenvalue weighted by Gasteiger charge is 2.25. The quantitative estimate of drug-likeness (QED) is 0.186. The van der Waals surface area contributed by atoms with E-state index in [1.165, 1.54) is 18.2 Å². The number of nitrogens with one attached hydrogen (secondary N) is 2. The van der Waals surface area contributed by atoms with Crippen LogP contribution < -0.4 is 10.6 Å². The molecule has 1 aliphatic rings. The molecular weight excluding hydrogens is 569 g/mol. The molecule has 44 heavy (non-hydrogen) atoms. The third kappa shape index (κ3) is 8.27. The maximum atomic E-state index is 14.0. The Hall–Kier alpha value is -4.61. The number of hydrogen-bond donors (Lipinski definition) is 6. The van der Waals surface area contributed by atoms with Crippen LogP contribution in [-0.4, -0.2) is 62.1 Å². The van der Waals surface area contributed by atoms with Gasteiger partial charge in [-0.2, -0.15) is 0 Å². The highest BCUT2D eigenvalue weighted by atomic mass is 19.1. The SMILES string of the molecule is CC(C)c1nc2c(c(-c3ccc(F)cc3)c1/C=C/[C@@H](O)C[C@@H](O)CC(=O)O)Cc1cc(NC(=O)NCC(=O)O)ccc1CC2. The number of urea groups is 1. The van der Waals surface area contributed by atoms with Gasteiger partial charge in [0.25, 0.3) is 0 Å². The minimum atomic E-state index is -1.22. The maximum absolute atomic E-state index is 14.0. The second kappa shape index (κ2) is 14.2. The summed E-state index contributed by atoms with van der Waals surface area (Å²) in [5.41, 5.74) is 7.36. The average Bonchev–Trinajstić information content (AvgIpc) is 3.13. The summed E-state index contributed by atoms with van der Waals surface area (Å²) < 4.78 is 14.0. The summed E-state index contributed by atoms with van der Waals surface area (Å²) in [4.78, 5) is 39.1. The molecule has 11 heteroatoms. The number of carbonyl (C=O) groups excluding carboxylic acids is 1. The number of fused-ring (bicyclic) bond motifs is 2. The number of carboxylic acids is 2. The second-order valence-corrected chi connectivity index (χ2v) is 11.1. The molecule has 0 fully saturated rings. The van der Waals surface area contributed by atoms with Crippen molar-refractivity contribution in [2.75, 3.05) is 11.9 Å². The average molecular weight is 606 g/mol. The maximum Gasteiger partial charge on any atom is 0.323 e. The summed E-state index contributed by atoms with van der Waals surface area (Å²) in [5, 5.41) is 43.4. The lowest BCUT2D eigenvalue weighted by Gasteiger charge is -2.22. The molecule has 3 aromatic rings. The number of aliphatic carboxylic acids is 2. The van der Waals surface area contributed by atoms with E-state index in [0.29, 0.717) is 24.9 Å². The van der Waals surface area contributed by atoms with Gasteiger partial charge in [0.1, 0.15) is 12.4 Å². The minimum Gasteiger partial charge on any atom is -0.481 e. The minimum absolute atomic E-state index is 0.0142. The van der Waals surface area contributed by atoms with Gasteiger partial charge in [0.2, 0.25) is 0 Å². The molecule has 2 aromatic carbocycles. The Bertz CT molecular complexity index is 1570. The van der Waals surface area contributed by atoms with E-state index in [-0.39, 0.29) is 18.2 Å². The molecule has 0 saturated heterocycles. The largest absolute Gasteiger partial charge is 0.481 e. The number of carbonyl (C=O) groups is 3. The molecule has 0 aliphatic heterocycles. The summed E-state index contributed by atoms with van der Waals surface area (Å²) >= 11 is 0. The van der Waals surface area contributed by atoms with Crippen molar-refractivity contribution in [2.24, 2.45) is 0 Å². The van der Waals surface area contributed by atoms with Gasteiger partial charge in [-0.15, -0.1) is 0 Å². The monoisotopic (exact) mass is 605 g/mol. The van der Waals surface area contributed by atoms with Gasteiger partial charge in [-0.1, -0.05) is 44.2 Å². The first kappa shape index (κ1) is 32.3. The zero-order valence-electron chi connectivity index (χ0n) is 24.5. The van der Waals surface area contributed by atoms with Crippen LogP contribution in [0, 0.1) is 5.82 Å². The molecule has 0 saturated carbocycles. The molecule has 2 amide bonds. The Kier molecular flexibility index (Phi) is 10.5. The number of aliphatic hydroxyl groups is 2. The molecule has 2 atom stereocenters. The van der Waals surface area contributed by atoms with Crippen LogP contribution in [0.5, 0.6) is 0 Å². The summed E-state index contributed by atoms with van der Waals surface area (Å²) in [5.74, 6) is -2.72. The third-order valence-electron chi connectivity index (χ3n) is 7.40. The fourth-order valence-corrected chi connectivity index (χ4v) is 5.40. The fourth-order valence-electron chi connectivity index (χ4n) is 5.40. The number of hydrogen-bond acceptors (Lipinski definition) is 6. The molecule has 1 aliphatic carbocycles. The number of benzene rings is 2. The molecule has 6 N–H and O–H groups in total. The Morgan fingerprint density at radius 1 is 1.00 bits per heavy atom. The van der Waals surface area contributed by atoms with Crippen molar-refractivity contribution in [3.63, 3.8) is 0 Å². The van der Waals surface area contributed by atoms with Gasteiger partial charge in [0.05, 0.1) is 24.3 Å². The van der Waals surface area contributed by atoms with E-state index in [1.807, 2.05) is 26.0 Å². The van der Waals surface area contributed by atoms with Crippen molar-refractivity contribution in [3.8, 4) is 11.1 Å². The van der Waals surface area contributed by atoms with Gasteiger partial charge in [-0.05, 0) is 70.8 Å². The van der Waals surface area contributed by atoms with Crippen molar-refractivity contribution < 1.29 is 39.2 Å². The lowest BCUT2D eigenvalue weighted by molar-refractivity contribution is -0.139. The summed E-state index contributed by atoms with van der Waals surface area (Å²) in [6, 6.07) is 11.0. The standard InChI is InChI=1S/C33H36FN3O7/c1-18(2)32-26(11-10-24(38)15-25(39)16-29(40)41)31(20-3-7-22(34)8-4-20)27-14-21-13-23(36-33(44)35-17-30(42)43)9-5-19(21)6-12-28(27)37-32/h3-5,7-11,13,18,24-25,38-39H,6,12,14-17H2,1-2H3,(H,40,41)(H,42,43)(H2,35,36,44)/b11-10+/t24-,25-/m1/s1. The molecule has 0 radical (unpaired) electrons. The number of aliphatic hydroxyl groups excluding tert-OH is 2. The third-order valence-corrected chi connectivity index (χ3v) is 7.40. The number of nitrogens with zero attached hydrogens (tertiary/aromatic N) is 1. The van der Waals surface area contributed by atoms with Crippen LogP contribution in [0.2, 0.25) is 0 Å². The smallest absolute Gasteiger partial charge is 0.323 e. The van der Waals surface area contributed by atoms with E-state index < -0.39 is 43.1 Å². The van der Waals surface area contributed by atoms with Crippen LogP contribution in [0.15, 0.2) is 48.5 Å². The van der Waals surface area contributed by atoms with Crippen LogP contribution in [0.3, 0.4) is 0 Å². The summed E-state index contributed by atoms with van der Waals surface area (Å²) in [6.07, 6.45) is 2.03. The molecule has 0 spiro atoms. The first-order valence-electron chi connectivity index (χ1n) is 14.4. The molecule has 1 aromatic heterocycles. The van der Waals surface area contributed by atoms with Crippen molar-refractivity contribution >= 4 is 29.7 Å². The lowest BCUT2D eigenvalue weighted by atomic mass is 9.86. The predicted molar refractivity (Wildman–Crippen MR) is 163 cm³/mol. The van der Waals surface area contributed by atoms with Gasteiger partial charge in [-0.25, -0.2) is 9.18 Å². The van der Waals surface area contributed by atoms with Gasteiger partial charge in [-0.3, -0.25) is 14.6 Å². The number of carboxylic acid groups (broad SMARTS) is 2. The number of rotatable bonds is 11. The van der Waals surface area contributed by atoms with E-state index in [4.69, 9.17) is 15.2 Å². The van der Waals surface area contributed by atoms with Gasteiger partial charge in [0, 0.05) is 29.8 Å². The van der Waals surface area contributed by atoms with E-state index in [1.54, 1.807) is 24.3 Å². The fraction of sp³-hybridized carbons (Fsp3) is 0.333. The molecular formula is C33H36FN3O7. The first-order valence-corrected chi connectivity index (χ1v) is 14.4. The second-order valence-electron chi connectivity index (χ2n) is 11.1. The molecule has 232 valence electrons. The van der Waals surface area contributed by atoms with Crippen molar-refractivity contribution in [3.05, 3.63) is 88.0 Å². The van der Waals surface area contributed by atoms with Crippen LogP contribution in [0.1, 0.15) is 66.2 Å². The number of anilines is 1. The topological polar surface area (TPSA) is 169 Å². The van der Waals surface area contributed by atoms with E-state index >= 15 is 0 Å². The zero-order valence-corrected chi connectivity index (χ0v) is 24.5. The number of aryl methyl sites for hydroxylation is 2. The molecule has 10 nitrogen and oxygen atoms in total. The van der Waals surface area contributed by atoms with Crippen LogP contribution in [0.4, 0.5) is 14.9 Å². The summed E-state index contributed by atoms with van der Waals surface area (Å²) in [7, 11) is 0. The Balaban J connectivity index is 1.80. The predicted octanol–water partition coefficient (Wildman–Crippen LogP) is 4.51. The lowest BCUT2D eigenvalue weighted by Crippen LogP contribution is -2.33. The van der Waals surface area contributed by atoms with Crippen LogP contribution >= 0.6 is 0 Å². The van der Waals surface area contributed by atoms with E-state index in [2.05, 4.69) is 10.6 Å². The van der Waals surface area contributed by atoms with Crippen molar-refractivity contribution in [1.82, 2.24) is 10.3 Å². The summed E-state index contributed by atoms with van der Waals surface area (Å²) in [6.45, 7) is 3.50.